The van der Waals surface area contributed by atoms with Gasteiger partial charge in [-0.25, -0.2) is 9.97 Å². The van der Waals surface area contributed by atoms with Gasteiger partial charge in [0.05, 0.1) is 23.4 Å². The maximum absolute atomic E-state index is 5.38. The van der Waals surface area contributed by atoms with Gasteiger partial charge in [0.2, 0.25) is 0 Å². The molecule has 0 unspecified atom stereocenters. The van der Waals surface area contributed by atoms with Gasteiger partial charge in [-0.05, 0) is 43.3 Å². The van der Waals surface area contributed by atoms with Crippen molar-refractivity contribution in [1.82, 2.24) is 19.5 Å². The predicted octanol–water partition coefficient (Wildman–Crippen LogP) is 3.85. The second kappa shape index (κ2) is 6.10. The molecule has 0 atom stereocenters. The third-order valence-electron chi connectivity index (χ3n) is 3.90. The van der Waals surface area contributed by atoms with Gasteiger partial charge >= 0.3 is 0 Å². The zero-order valence-electron chi connectivity index (χ0n) is 13.6. The van der Waals surface area contributed by atoms with Crippen molar-refractivity contribution in [3.63, 3.8) is 0 Å². The van der Waals surface area contributed by atoms with Gasteiger partial charge in [-0.2, -0.15) is 0 Å². The van der Waals surface area contributed by atoms with Crippen LogP contribution in [0.15, 0.2) is 60.9 Å². The second-order valence-corrected chi connectivity index (χ2v) is 5.59. The molecule has 1 N–H and O–H groups in total. The molecule has 0 bridgehead atoms. The number of hydrogen-bond donors (Lipinski definition) is 1. The third kappa shape index (κ3) is 2.81. The summed E-state index contributed by atoms with van der Waals surface area (Å²) in [5.74, 6) is 4.84. The first-order valence-electron chi connectivity index (χ1n) is 7.85. The molecular weight excluding hydrogens is 310 g/mol. The highest BCUT2D eigenvalue weighted by Crippen LogP contribution is 2.21. The van der Waals surface area contributed by atoms with Crippen molar-refractivity contribution < 1.29 is 0 Å². The lowest BCUT2D eigenvalue weighted by Crippen LogP contribution is -2.03. The summed E-state index contributed by atoms with van der Waals surface area (Å²) in [6.07, 6.45) is 8.80. The molecule has 5 heteroatoms. The van der Waals surface area contributed by atoms with Crippen molar-refractivity contribution in [1.29, 1.82) is 0 Å². The third-order valence-corrected chi connectivity index (χ3v) is 3.90. The summed E-state index contributed by atoms with van der Waals surface area (Å²) in [5.41, 5.74) is 3.68. The van der Waals surface area contributed by atoms with E-state index in [-0.39, 0.29) is 0 Å². The van der Waals surface area contributed by atoms with Crippen molar-refractivity contribution in [2.24, 2.45) is 0 Å². The van der Waals surface area contributed by atoms with Crippen LogP contribution < -0.4 is 5.32 Å². The monoisotopic (exact) mass is 325 g/mol. The van der Waals surface area contributed by atoms with E-state index in [0.29, 0.717) is 5.82 Å². The normalized spacial score (nSPS) is 10.6. The van der Waals surface area contributed by atoms with E-state index < -0.39 is 0 Å². The molecule has 2 aromatic heterocycles. The van der Waals surface area contributed by atoms with Gasteiger partial charge in [-0.15, -0.1) is 6.42 Å². The summed E-state index contributed by atoms with van der Waals surface area (Å²) in [5, 5.41) is 3.25. The van der Waals surface area contributed by atoms with Gasteiger partial charge in [0.15, 0.2) is 11.6 Å². The number of hydrogen-bond acceptors (Lipinski definition) is 4. The van der Waals surface area contributed by atoms with Crippen LogP contribution in [0.25, 0.3) is 16.9 Å². The summed E-state index contributed by atoms with van der Waals surface area (Å²) in [7, 11) is 0. The zero-order valence-corrected chi connectivity index (χ0v) is 13.6. The molecule has 0 saturated carbocycles. The van der Waals surface area contributed by atoms with E-state index in [0.717, 1.165) is 33.9 Å². The van der Waals surface area contributed by atoms with Crippen LogP contribution in [-0.2, 0) is 0 Å². The molecule has 0 fully saturated rings. The Kier molecular flexibility index (Phi) is 3.64. The van der Waals surface area contributed by atoms with Gasteiger partial charge in [-0.3, -0.25) is 9.55 Å². The van der Waals surface area contributed by atoms with Crippen LogP contribution in [0.3, 0.4) is 0 Å². The fraction of sp³-hybridized carbons (Fsp3) is 0.0500. The number of aryl methyl sites for hydroxylation is 1. The number of rotatable bonds is 3. The molecule has 120 valence electrons. The van der Waals surface area contributed by atoms with Crippen LogP contribution in [0.1, 0.15) is 11.4 Å². The highest BCUT2D eigenvalue weighted by atomic mass is 15.2. The lowest BCUT2D eigenvalue weighted by molar-refractivity contribution is 0.943. The van der Waals surface area contributed by atoms with Crippen molar-refractivity contribution in [2.75, 3.05) is 5.32 Å². The fourth-order valence-electron chi connectivity index (χ4n) is 2.76. The van der Waals surface area contributed by atoms with Gasteiger partial charge in [0, 0.05) is 11.3 Å². The highest BCUT2D eigenvalue weighted by molar-refractivity contribution is 5.77. The van der Waals surface area contributed by atoms with E-state index in [2.05, 4.69) is 26.2 Å². The Bertz CT molecular complexity index is 1090. The summed E-state index contributed by atoms with van der Waals surface area (Å²) in [6.45, 7) is 1.96. The van der Waals surface area contributed by atoms with Crippen LogP contribution in [0.5, 0.6) is 0 Å². The first kappa shape index (κ1) is 14.9. The molecule has 0 aliphatic heterocycles. The van der Waals surface area contributed by atoms with Gasteiger partial charge in [0.1, 0.15) is 5.82 Å². The number of para-hydroxylation sites is 2. The van der Waals surface area contributed by atoms with E-state index in [9.17, 15) is 0 Å². The topological polar surface area (TPSA) is 55.6 Å². The van der Waals surface area contributed by atoms with Crippen LogP contribution in [0.4, 0.5) is 11.5 Å². The molecule has 0 aliphatic rings. The maximum atomic E-state index is 5.38. The zero-order chi connectivity index (χ0) is 17.2. The Hall–Kier alpha value is -3.65. The second-order valence-electron chi connectivity index (χ2n) is 5.59. The average molecular weight is 325 g/mol. The number of nitrogens with one attached hydrogen (secondary N) is 1. The molecule has 5 nitrogen and oxygen atoms in total. The molecular formula is C20H15N5. The minimum atomic E-state index is 0.656. The van der Waals surface area contributed by atoms with Crippen molar-refractivity contribution in [3.8, 4) is 18.2 Å². The lowest BCUT2D eigenvalue weighted by atomic mass is 10.2. The minimum Gasteiger partial charge on any atom is -0.339 e. The number of anilines is 2. The fourth-order valence-corrected chi connectivity index (χ4v) is 2.76. The molecule has 4 aromatic rings. The highest BCUT2D eigenvalue weighted by Gasteiger charge is 2.10. The van der Waals surface area contributed by atoms with E-state index in [1.165, 1.54) is 0 Å². The molecule has 0 spiro atoms. The van der Waals surface area contributed by atoms with E-state index in [1.807, 2.05) is 60.0 Å². The molecule has 4 rings (SSSR count). The number of fused-ring (bicyclic) bond motifs is 1. The Morgan fingerprint density at radius 2 is 1.80 bits per heavy atom. The Morgan fingerprint density at radius 1 is 1.00 bits per heavy atom. The molecule has 2 aromatic carbocycles. The van der Waals surface area contributed by atoms with Crippen LogP contribution >= 0.6 is 0 Å². The average Bonchev–Trinajstić information content (AvgIpc) is 2.98. The largest absolute Gasteiger partial charge is 0.339 e. The van der Waals surface area contributed by atoms with Crippen molar-refractivity contribution in [2.45, 2.75) is 6.92 Å². The molecule has 2 heterocycles. The van der Waals surface area contributed by atoms with E-state index >= 15 is 0 Å². The first-order chi connectivity index (χ1) is 12.2. The standard InChI is InChI=1S/C20H15N5/c1-3-15-8-10-16(11-9-15)23-19-12-21-13-20(24-19)25-14(2)22-17-6-4-5-7-18(17)25/h1,4-13H,2H3,(H,23,24). The SMILES string of the molecule is C#Cc1ccc(Nc2cncc(-n3c(C)nc4ccccc43)n2)cc1. The lowest BCUT2D eigenvalue weighted by Gasteiger charge is -2.09. The van der Waals surface area contributed by atoms with Crippen molar-refractivity contribution >= 4 is 22.5 Å². The minimum absolute atomic E-state index is 0.656. The van der Waals surface area contributed by atoms with Crippen LogP contribution in [0, 0.1) is 19.3 Å². The summed E-state index contributed by atoms with van der Waals surface area (Å²) in [6, 6.07) is 15.6. The Balaban J connectivity index is 1.71. The summed E-state index contributed by atoms with van der Waals surface area (Å²) >= 11 is 0. The van der Waals surface area contributed by atoms with Gasteiger partial charge in [0.25, 0.3) is 0 Å². The number of nitrogens with zero attached hydrogens (tertiary/aromatic N) is 4. The quantitative estimate of drug-likeness (QED) is 0.581. The maximum Gasteiger partial charge on any atom is 0.159 e. The Labute approximate surface area is 145 Å². The summed E-state index contributed by atoms with van der Waals surface area (Å²) < 4.78 is 1.99. The number of terminal acetylenes is 1. The van der Waals surface area contributed by atoms with Crippen LogP contribution in [-0.4, -0.2) is 19.5 Å². The molecule has 25 heavy (non-hydrogen) atoms. The van der Waals surface area contributed by atoms with Crippen LogP contribution in [0.2, 0.25) is 0 Å². The van der Waals surface area contributed by atoms with Gasteiger partial charge in [-0.1, -0.05) is 18.1 Å². The smallest absolute Gasteiger partial charge is 0.159 e. The number of imidazole rings is 1. The Morgan fingerprint density at radius 3 is 2.60 bits per heavy atom. The number of benzene rings is 2. The van der Waals surface area contributed by atoms with E-state index in [4.69, 9.17) is 6.42 Å². The molecule has 0 aliphatic carbocycles. The summed E-state index contributed by atoms with van der Waals surface area (Å²) in [4.78, 5) is 13.6. The number of aromatic nitrogens is 4. The molecule has 0 saturated heterocycles. The van der Waals surface area contributed by atoms with E-state index in [1.54, 1.807) is 12.4 Å². The predicted molar refractivity (Wildman–Crippen MR) is 99.1 cm³/mol. The first-order valence-corrected chi connectivity index (χ1v) is 7.85. The molecule has 0 radical (unpaired) electrons. The molecule has 0 amide bonds. The van der Waals surface area contributed by atoms with Crippen molar-refractivity contribution in [3.05, 3.63) is 72.3 Å². The van der Waals surface area contributed by atoms with Gasteiger partial charge < -0.3 is 5.32 Å².